The molecule has 0 saturated carbocycles. The monoisotopic (exact) mass is 368 g/mol. The highest BCUT2D eigenvalue weighted by Crippen LogP contribution is 2.27. The topological polar surface area (TPSA) is 80.3 Å². The van der Waals surface area contributed by atoms with E-state index in [1.54, 1.807) is 10.9 Å². The Labute approximate surface area is 158 Å². The van der Waals surface area contributed by atoms with E-state index in [2.05, 4.69) is 27.4 Å². The average molecular weight is 368 g/mol. The Morgan fingerprint density at radius 3 is 2.85 bits per heavy atom. The van der Waals surface area contributed by atoms with Gasteiger partial charge in [0.2, 0.25) is 0 Å². The van der Waals surface area contributed by atoms with E-state index in [-0.39, 0.29) is 0 Å². The predicted molar refractivity (Wildman–Crippen MR) is 104 cm³/mol. The quantitative estimate of drug-likeness (QED) is 0.480. The summed E-state index contributed by atoms with van der Waals surface area (Å²) in [5, 5.41) is 18.6. The van der Waals surface area contributed by atoms with Crippen molar-refractivity contribution >= 4 is 33.4 Å². The van der Waals surface area contributed by atoms with Crippen molar-refractivity contribution in [2.75, 3.05) is 0 Å². The molecule has 0 bridgehead atoms. The first-order valence-corrected chi connectivity index (χ1v) is 9.16. The smallest absolute Gasteiger partial charge is 0.179 e. The molecule has 0 spiro atoms. The van der Waals surface area contributed by atoms with Crippen molar-refractivity contribution in [3.05, 3.63) is 71.2 Å². The summed E-state index contributed by atoms with van der Waals surface area (Å²) < 4.78 is 1.80. The minimum atomic E-state index is 0.575. The maximum atomic E-state index is 9.03. The van der Waals surface area contributed by atoms with Gasteiger partial charge in [0, 0.05) is 11.6 Å². The van der Waals surface area contributed by atoms with E-state index in [1.165, 1.54) is 11.3 Å². The van der Waals surface area contributed by atoms with Crippen molar-refractivity contribution in [3.8, 4) is 16.6 Å². The highest BCUT2D eigenvalue weighted by Gasteiger charge is 2.11. The van der Waals surface area contributed by atoms with E-state index in [4.69, 9.17) is 10.2 Å². The summed E-state index contributed by atoms with van der Waals surface area (Å²) in [5.41, 5.74) is 4.37. The first-order valence-electron chi connectivity index (χ1n) is 8.34. The molecule has 0 amide bonds. The summed E-state index contributed by atoms with van der Waals surface area (Å²) >= 11 is 1.43. The molecule has 5 aromatic rings. The Hall–Kier alpha value is -3.63. The van der Waals surface area contributed by atoms with Gasteiger partial charge in [-0.15, -0.1) is 16.4 Å². The molecule has 4 heterocycles. The van der Waals surface area contributed by atoms with Crippen molar-refractivity contribution in [3.63, 3.8) is 0 Å². The standard InChI is InChI=1S/C20H12N6S/c21-11-15-4-8-19(27-15)17-6-7-18-20(23-17)26(25-24-18)12-13-3-5-16-14(10-13)2-1-9-22-16/h1-10H,12H2. The molecule has 4 aromatic heterocycles. The molecular formula is C20H12N6S. The molecular weight excluding hydrogens is 356 g/mol. The molecule has 0 aliphatic rings. The van der Waals surface area contributed by atoms with Crippen LogP contribution in [-0.4, -0.2) is 25.0 Å². The maximum Gasteiger partial charge on any atom is 0.179 e. The van der Waals surface area contributed by atoms with E-state index < -0.39 is 0 Å². The third-order valence-electron chi connectivity index (χ3n) is 4.33. The maximum absolute atomic E-state index is 9.03. The van der Waals surface area contributed by atoms with Crippen LogP contribution >= 0.6 is 11.3 Å². The van der Waals surface area contributed by atoms with Crippen LogP contribution in [0.15, 0.2) is 60.8 Å². The largest absolute Gasteiger partial charge is 0.256 e. The molecule has 0 atom stereocenters. The van der Waals surface area contributed by atoms with Crippen molar-refractivity contribution in [2.45, 2.75) is 6.54 Å². The van der Waals surface area contributed by atoms with Crippen molar-refractivity contribution in [1.82, 2.24) is 25.0 Å². The molecule has 1 aromatic carbocycles. The van der Waals surface area contributed by atoms with Gasteiger partial charge in [0.1, 0.15) is 16.5 Å². The summed E-state index contributed by atoms with van der Waals surface area (Å²) in [6.45, 7) is 0.575. The Bertz CT molecular complexity index is 1330. The number of hydrogen-bond donors (Lipinski definition) is 0. The van der Waals surface area contributed by atoms with Gasteiger partial charge in [-0.3, -0.25) is 4.98 Å². The Balaban J connectivity index is 1.54. The van der Waals surface area contributed by atoms with Crippen molar-refractivity contribution in [1.29, 1.82) is 5.26 Å². The second-order valence-electron chi connectivity index (χ2n) is 6.09. The summed E-state index contributed by atoms with van der Waals surface area (Å²) in [6, 6.07) is 19.9. The van der Waals surface area contributed by atoms with Crippen LogP contribution < -0.4 is 0 Å². The molecule has 5 rings (SSSR count). The summed E-state index contributed by atoms with van der Waals surface area (Å²) in [4.78, 5) is 10.7. The van der Waals surface area contributed by atoms with Crippen LogP contribution in [0.5, 0.6) is 0 Å². The number of nitriles is 1. The van der Waals surface area contributed by atoms with Gasteiger partial charge < -0.3 is 0 Å². The lowest BCUT2D eigenvalue weighted by Crippen LogP contribution is -2.03. The zero-order valence-corrected chi connectivity index (χ0v) is 14.9. The fraction of sp³-hybridized carbons (Fsp3) is 0.0500. The molecule has 27 heavy (non-hydrogen) atoms. The Kier molecular flexibility index (Phi) is 3.62. The van der Waals surface area contributed by atoms with Crippen LogP contribution in [0, 0.1) is 11.3 Å². The van der Waals surface area contributed by atoms with Gasteiger partial charge in [-0.1, -0.05) is 17.3 Å². The SMILES string of the molecule is N#Cc1ccc(-c2ccc3nnn(Cc4ccc5ncccc5c4)c3n2)s1. The van der Waals surface area contributed by atoms with Gasteiger partial charge >= 0.3 is 0 Å². The van der Waals surface area contributed by atoms with Gasteiger partial charge in [-0.25, -0.2) is 9.67 Å². The van der Waals surface area contributed by atoms with Crippen molar-refractivity contribution in [2.24, 2.45) is 0 Å². The predicted octanol–water partition coefficient (Wildman–Crippen LogP) is 4.02. The molecule has 128 valence electrons. The molecule has 0 fully saturated rings. The van der Waals surface area contributed by atoms with Gasteiger partial charge in [0.25, 0.3) is 0 Å². The fourth-order valence-corrected chi connectivity index (χ4v) is 3.80. The molecule has 0 aliphatic heterocycles. The first kappa shape index (κ1) is 15.6. The second-order valence-corrected chi connectivity index (χ2v) is 7.18. The fourth-order valence-electron chi connectivity index (χ4n) is 3.03. The lowest BCUT2D eigenvalue weighted by atomic mass is 10.1. The first-order chi connectivity index (χ1) is 13.3. The van der Waals surface area contributed by atoms with Gasteiger partial charge in [-0.05, 0) is 48.0 Å². The minimum absolute atomic E-state index is 0.575. The molecule has 0 radical (unpaired) electrons. The Morgan fingerprint density at radius 2 is 1.96 bits per heavy atom. The lowest BCUT2D eigenvalue weighted by molar-refractivity contribution is 0.665. The summed E-state index contributed by atoms with van der Waals surface area (Å²) in [5.74, 6) is 0. The molecule has 6 nitrogen and oxygen atoms in total. The molecule has 0 N–H and O–H groups in total. The van der Waals surface area contributed by atoms with E-state index >= 15 is 0 Å². The number of hydrogen-bond acceptors (Lipinski definition) is 6. The average Bonchev–Trinajstić information content (AvgIpc) is 3.35. The van der Waals surface area contributed by atoms with E-state index in [9.17, 15) is 0 Å². The van der Waals surface area contributed by atoms with Crippen LogP contribution in [0.4, 0.5) is 0 Å². The number of thiophene rings is 1. The number of nitrogens with zero attached hydrogens (tertiary/aromatic N) is 6. The third-order valence-corrected chi connectivity index (χ3v) is 5.34. The van der Waals surface area contributed by atoms with Crippen molar-refractivity contribution < 1.29 is 0 Å². The van der Waals surface area contributed by atoms with Gasteiger partial charge in [0.05, 0.1) is 22.6 Å². The van der Waals surface area contributed by atoms with E-state index in [0.29, 0.717) is 11.4 Å². The minimum Gasteiger partial charge on any atom is -0.256 e. The van der Waals surface area contributed by atoms with E-state index in [1.807, 2.05) is 48.5 Å². The lowest BCUT2D eigenvalue weighted by Gasteiger charge is -2.05. The van der Waals surface area contributed by atoms with Crippen LogP contribution in [0.2, 0.25) is 0 Å². The number of aromatic nitrogens is 5. The number of pyridine rings is 2. The van der Waals surface area contributed by atoms with Crippen LogP contribution in [0.25, 0.3) is 32.6 Å². The van der Waals surface area contributed by atoms with Crippen LogP contribution in [-0.2, 0) is 6.54 Å². The zero-order chi connectivity index (χ0) is 18.2. The second kappa shape index (κ2) is 6.27. The van der Waals surface area contributed by atoms with Crippen LogP contribution in [0.3, 0.4) is 0 Å². The normalized spacial score (nSPS) is 11.1. The third kappa shape index (κ3) is 2.82. The summed E-state index contributed by atoms with van der Waals surface area (Å²) in [6.07, 6.45) is 1.79. The number of benzene rings is 1. The molecule has 0 saturated heterocycles. The molecule has 0 unspecified atom stereocenters. The summed E-state index contributed by atoms with van der Waals surface area (Å²) in [7, 11) is 0. The highest BCUT2D eigenvalue weighted by molar-refractivity contribution is 7.15. The molecule has 0 aliphatic carbocycles. The Morgan fingerprint density at radius 1 is 1.04 bits per heavy atom. The zero-order valence-electron chi connectivity index (χ0n) is 14.1. The number of rotatable bonds is 3. The number of fused-ring (bicyclic) bond motifs is 2. The molecule has 7 heteroatoms. The van der Waals surface area contributed by atoms with Gasteiger partial charge in [-0.2, -0.15) is 5.26 Å². The van der Waals surface area contributed by atoms with E-state index in [0.717, 1.165) is 38.2 Å². The van der Waals surface area contributed by atoms with Crippen LogP contribution in [0.1, 0.15) is 10.4 Å². The highest BCUT2D eigenvalue weighted by atomic mass is 32.1. The van der Waals surface area contributed by atoms with Gasteiger partial charge in [0.15, 0.2) is 5.65 Å².